The van der Waals surface area contributed by atoms with Gasteiger partial charge in [0.05, 0.1) is 23.8 Å². The van der Waals surface area contributed by atoms with Crippen molar-refractivity contribution in [2.24, 2.45) is 0 Å². The second kappa shape index (κ2) is 7.95. The van der Waals surface area contributed by atoms with Crippen LogP contribution in [0.3, 0.4) is 0 Å². The maximum absolute atomic E-state index is 6.01. The van der Waals surface area contributed by atoms with Crippen LogP contribution in [0.4, 0.5) is 5.69 Å². The molecule has 0 spiro atoms. The van der Waals surface area contributed by atoms with Gasteiger partial charge in [-0.1, -0.05) is 39.1 Å². The lowest BCUT2D eigenvalue weighted by Gasteiger charge is -2.14. The maximum Gasteiger partial charge on any atom is 0.162 e. The van der Waals surface area contributed by atoms with Crippen LogP contribution in [0.15, 0.2) is 34.8 Å². The van der Waals surface area contributed by atoms with Gasteiger partial charge in [0.15, 0.2) is 11.5 Å². The fourth-order valence-corrected chi connectivity index (χ4v) is 2.70. The van der Waals surface area contributed by atoms with Crippen molar-refractivity contribution in [2.75, 3.05) is 19.0 Å². The Bertz CT molecular complexity index is 665. The van der Waals surface area contributed by atoms with Crippen LogP contribution in [0.2, 0.25) is 10.0 Å². The number of nitrogens with one attached hydrogen (secondary N) is 1. The van der Waals surface area contributed by atoms with E-state index in [-0.39, 0.29) is 0 Å². The monoisotopic (exact) mass is 403 g/mol. The third kappa shape index (κ3) is 4.22. The molecule has 0 heterocycles. The quantitative estimate of drug-likeness (QED) is 0.662. The largest absolute Gasteiger partial charge is 0.493 e. The predicted molar refractivity (Wildman–Crippen MR) is 95.7 cm³/mol. The predicted octanol–water partition coefficient (Wildman–Crippen LogP) is 5.78. The highest BCUT2D eigenvalue weighted by Gasteiger charge is 2.10. The molecule has 0 atom stereocenters. The molecule has 0 unspecified atom stereocenters. The molecule has 0 aliphatic heterocycles. The number of hydrogen-bond donors (Lipinski definition) is 1. The Labute approximate surface area is 148 Å². The molecule has 0 saturated carbocycles. The molecule has 0 aromatic heterocycles. The highest BCUT2D eigenvalue weighted by molar-refractivity contribution is 9.10. The number of rotatable bonds is 6. The molecule has 2 rings (SSSR count). The number of methoxy groups -OCH3 is 1. The molecule has 0 aliphatic carbocycles. The number of anilines is 1. The number of halogens is 3. The first-order valence-electron chi connectivity index (χ1n) is 6.73. The summed E-state index contributed by atoms with van der Waals surface area (Å²) in [5.74, 6) is 1.42. The van der Waals surface area contributed by atoms with Crippen LogP contribution >= 0.6 is 39.1 Å². The summed E-state index contributed by atoms with van der Waals surface area (Å²) >= 11 is 15.5. The first-order chi connectivity index (χ1) is 10.5. The van der Waals surface area contributed by atoms with Gasteiger partial charge in [0.2, 0.25) is 0 Å². The van der Waals surface area contributed by atoms with Crippen LogP contribution in [-0.2, 0) is 6.54 Å². The van der Waals surface area contributed by atoms with Crippen molar-refractivity contribution in [1.29, 1.82) is 0 Å². The van der Waals surface area contributed by atoms with E-state index in [4.69, 9.17) is 32.7 Å². The summed E-state index contributed by atoms with van der Waals surface area (Å²) in [5.41, 5.74) is 1.94. The third-order valence-electron chi connectivity index (χ3n) is 3.04. The second-order valence-electron chi connectivity index (χ2n) is 4.51. The summed E-state index contributed by atoms with van der Waals surface area (Å²) in [4.78, 5) is 0. The van der Waals surface area contributed by atoms with Crippen LogP contribution < -0.4 is 14.8 Å². The van der Waals surface area contributed by atoms with Gasteiger partial charge < -0.3 is 14.8 Å². The van der Waals surface area contributed by atoms with Crippen molar-refractivity contribution < 1.29 is 9.47 Å². The van der Waals surface area contributed by atoms with Gasteiger partial charge >= 0.3 is 0 Å². The zero-order chi connectivity index (χ0) is 16.1. The molecular formula is C16H16BrCl2NO2. The summed E-state index contributed by atoms with van der Waals surface area (Å²) in [5, 5.41) is 4.36. The van der Waals surface area contributed by atoms with Gasteiger partial charge in [0, 0.05) is 16.7 Å². The third-order valence-corrected chi connectivity index (χ3v) is 4.51. The van der Waals surface area contributed by atoms with Gasteiger partial charge in [-0.2, -0.15) is 0 Å². The van der Waals surface area contributed by atoms with E-state index in [2.05, 4.69) is 21.2 Å². The fraction of sp³-hybridized carbons (Fsp3) is 0.250. The zero-order valence-corrected chi connectivity index (χ0v) is 15.3. The van der Waals surface area contributed by atoms with Crippen LogP contribution in [0.5, 0.6) is 11.5 Å². The summed E-state index contributed by atoms with van der Waals surface area (Å²) in [7, 11) is 1.63. The van der Waals surface area contributed by atoms with Gasteiger partial charge in [-0.15, -0.1) is 0 Å². The first kappa shape index (κ1) is 17.3. The summed E-state index contributed by atoms with van der Waals surface area (Å²) in [6.07, 6.45) is 0. The standard InChI is InChI=1S/C16H16BrCl2NO2/c1-3-22-16-8-12(17)10(6-15(16)21-2)9-20-11-4-5-13(18)14(19)7-11/h4-8,20H,3,9H2,1-2H3. The highest BCUT2D eigenvalue weighted by atomic mass is 79.9. The molecule has 0 saturated heterocycles. The highest BCUT2D eigenvalue weighted by Crippen LogP contribution is 2.34. The molecule has 1 N–H and O–H groups in total. The number of benzene rings is 2. The van der Waals surface area contributed by atoms with Gasteiger partial charge in [-0.25, -0.2) is 0 Å². The minimum absolute atomic E-state index is 0.523. The molecule has 2 aromatic carbocycles. The summed E-state index contributed by atoms with van der Waals surface area (Å²) < 4.78 is 11.9. The fourth-order valence-electron chi connectivity index (χ4n) is 1.94. The Morgan fingerprint density at radius 1 is 1.09 bits per heavy atom. The maximum atomic E-state index is 6.01. The molecule has 6 heteroatoms. The molecule has 0 fully saturated rings. The van der Waals surface area contributed by atoms with Crippen LogP contribution in [0, 0.1) is 0 Å². The second-order valence-corrected chi connectivity index (χ2v) is 6.18. The van der Waals surface area contributed by atoms with E-state index in [0.29, 0.717) is 28.9 Å². The SMILES string of the molecule is CCOc1cc(Br)c(CNc2ccc(Cl)c(Cl)c2)cc1OC. The van der Waals surface area contributed by atoms with Crippen molar-refractivity contribution in [2.45, 2.75) is 13.5 Å². The Morgan fingerprint density at radius 3 is 2.50 bits per heavy atom. The van der Waals surface area contributed by atoms with Gasteiger partial charge in [-0.05, 0) is 42.8 Å². The topological polar surface area (TPSA) is 30.5 Å². The summed E-state index contributed by atoms with van der Waals surface area (Å²) in [6, 6.07) is 9.30. The Morgan fingerprint density at radius 2 is 1.86 bits per heavy atom. The molecule has 118 valence electrons. The number of hydrogen-bond acceptors (Lipinski definition) is 3. The Hall–Kier alpha value is -1.10. The van der Waals surface area contributed by atoms with Crippen molar-refractivity contribution in [3.8, 4) is 11.5 Å². The molecule has 0 radical (unpaired) electrons. The summed E-state index contributed by atoms with van der Waals surface area (Å²) in [6.45, 7) is 3.14. The van der Waals surface area contributed by atoms with Gasteiger partial charge in [-0.3, -0.25) is 0 Å². The minimum Gasteiger partial charge on any atom is -0.493 e. The molecule has 0 amide bonds. The van der Waals surface area contributed by atoms with E-state index in [0.717, 1.165) is 21.5 Å². The molecule has 0 bridgehead atoms. The molecule has 0 aliphatic rings. The normalized spacial score (nSPS) is 10.4. The van der Waals surface area contributed by atoms with Crippen LogP contribution in [-0.4, -0.2) is 13.7 Å². The molecular weight excluding hydrogens is 389 g/mol. The van der Waals surface area contributed by atoms with E-state index in [1.807, 2.05) is 25.1 Å². The van der Waals surface area contributed by atoms with Crippen molar-refractivity contribution >= 4 is 44.8 Å². The van der Waals surface area contributed by atoms with Gasteiger partial charge in [0.1, 0.15) is 0 Å². The average molecular weight is 405 g/mol. The van der Waals surface area contributed by atoms with Crippen LogP contribution in [0.1, 0.15) is 12.5 Å². The Balaban J connectivity index is 2.16. The van der Waals surface area contributed by atoms with E-state index in [1.165, 1.54) is 0 Å². The van der Waals surface area contributed by atoms with Crippen molar-refractivity contribution in [3.05, 3.63) is 50.4 Å². The van der Waals surface area contributed by atoms with Crippen molar-refractivity contribution in [3.63, 3.8) is 0 Å². The van der Waals surface area contributed by atoms with Crippen LogP contribution in [0.25, 0.3) is 0 Å². The van der Waals surface area contributed by atoms with E-state index in [9.17, 15) is 0 Å². The molecule has 2 aromatic rings. The van der Waals surface area contributed by atoms with E-state index >= 15 is 0 Å². The average Bonchev–Trinajstić information content (AvgIpc) is 2.50. The lowest BCUT2D eigenvalue weighted by Crippen LogP contribution is -2.02. The lowest BCUT2D eigenvalue weighted by molar-refractivity contribution is 0.310. The molecule has 3 nitrogen and oxygen atoms in total. The molecule has 22 heavy (non-hydrogen) atoms. The van der Waals surface area contributed by atoms with Gasteiger partial charge in [0.25, 0.3) is 0 Å². The smallest absolute Gasteiger partial charge is 0.162 e. The van der Waals surface area contributed by atoms with E-state index in [1.54, 1.807) is 19.2 Å². The zero-order valence-electron chi connectivity index (χ0n) is 12.3. The number of ether oxygens (including phenoxy) is 2. The van der Waals surface area contributed by atoms with Crippen molar-refractivity contribution in [1.82, 2.24) is 0 Å². The lowest BCUT2D eigenvalue weighted by atomic mass is 10.2. The van der Waals surface area contributed by atoms with E-state index < -0.39 is 0 Å². The Kier molecular flexibility index (Phi) is 6.24. The minimum atomic E-state index is 0.523. The first-order valence-corrected chi connectivity index (χ1v) is 8.28.